The van der Waals surface area contributed by atoms with Crippen molar-refractivity contribution in [3.63, 3.8) is 0 Å². The number of rotatable bonds is 5. The highest BCUT2D eigenvalue weighted by atomic mass is 32.2. The molecule has 0 radical (unpaired) electrons. The molecular weight excluding hydrogens is 284 g/mol. The molecule has 106 valence electrons. The monoisotopic (exact) mass is 310 g/mol. The standard InChI is InChI=1S/C15H26OSSi2/c1-18(2,3)13-17(16)15(19(4,5)6)12-14-10-8-7-9-11-14/h7-12H,13H2,1-6H3/b15-12-. The lowest BCUT2D eigenvalue weighted by atomic mass is 10.2. The largest absolute Gasteiger partial charge is 0.255 e. The first-order chi connectivity index (χ1) is 8.59. The molecule has 1 atom stereocenters. The highest BCUT2D eigenvalue weighted by Crippen LogP contribution is 2.23. The summed E-state index contributed by atoms with van der Waals surface area (Å²) < 4.78 is 13.9. The molecule has 1 nitrogen and oxygen atoms in total. The zero-order valence-corrected chi connectivity index (χ0v) is 15.8. The minimum Gasteiger partial charge on any atom is -0.255 e. The van der Waals surface area contributed by atoms with Crippen molar-refractivity contribution in [3.05, 3.63) is 40.4 Å². The summed E-state index contributed by atoms with van der Waals surface area (Å²) in [7, 11) is -3.66. The molecule has 4 heteroatoms. The molecule has 0 bridgehead atoms. The zero-order chi connectivity index (χ0) is 14.7. The van der Waals surface area contributed by atoms with Gasteiger partial charge in [-0.3, -0.25) is 4.21 Å². The second kappa shape index (κ2) is 6.33. The van der Waals surface area contributed by atoms with Gasteiger partial charge in [-0.2, -0.15) is 0 Å². The molecular formula is C15H26OSSi2. The molecule has 0 heterocycles. The fourth-order valence-electron chi connectivity index (χ4n) is 1.80. The predicted molar refractivity (Wildman–Crippen MR) is 94.1 cm³/mol. The Bertz CT molecular complexity index is 467. The van der Waals surface area contributed by atoms with Gasteiger partial charge in [0.1, 0.15) is 0 Å². The van der Waals surface area contributed by atoms with E-state index in [1.807, 2.05) is 18.2 Å². The molecule has 1 rings (SSSR count). The van der Waals surface area contributed by atoms with Gasteiger partial charge in [0, 0.05) is 20.7 Å². The lowest BCUT2D eigenvalue weighted by Gasteiger charge is -2.24. The summed E-state index contributed by atoms with van der Waals surface area (Å²) in [6, 6.07) is 10.3. The van der Waals surface area contributed by atoms with E-state index >= 15 is 0 Å². The topological polar surface area (TPSA) is 17.1 Å². The van der Waals surface area contributed by atoms with Crippen molar-refractivity contribution >= 4 is 33.0 Å². The second-order valence-corrected chi connectivity index (χ2v) is 20.0. The van der Waals surface area contributed by atoms with Crippen LogP contribution in [0.1, 0.15) is 5.56 Å². The summed E-state index contributed by atoms with van der Waals surface area (Å²) in [5, 5.41) is 0.871. The van der Waals surface area contributed by atoms with E-state index < -0.39 is 26.9 Å². The van der Waals surface area contributed by atoms with Gasteiger partial charge in [0.15, 0.2) is 0 Å². The lowest BCUT2D eigenvalue weighted by Crippen LogP contribution is -2.35. The van der Waals surface area contributed by atoms with Crippen LogP contribution in [0.25, 0.3) is 6.08 Å². The van der Waals surface area contributed by atoms with Gasteiger partial charge in [0.05, 0.1) is 16.1 Å². The maximum atomic E-state index is 12.7. The van der Waals surface area contributed by atoms with Gasteiger partial charge < -0.3 is 0 Å². The molecule has 0 spiro atoms. The van der Waals surface area contributed by atoms with Crippen LogP contribution < -0.4 is 0 Å². The molecule has 0 amide bonds. The highest BCUT2D eigenvalue weighted by Gasteiger charge is 2.28. The third-order valence-electron chi connectivity index (χ3n) is 2.65. The van der Waals surface area contributed by atoms with Crippen LogP contribution in [0.3, 0.4) is 0 Å². The summed E-state index contributed by atoms with van der Waals surface area (Å²) >= 11 is 0. The van der Waals surface area contributed by atoms with E-state index in [9.17, 15) is 4.21 Å². The number of hydrogen-bond acceptors (Lipinski definition) is 1. The molecule has 0 N–H and O–H groups in total. The fraction of sp³-hybridized carbons (Fsp3) is 0.467. The van der Waals surface area contributed by atoms with Crippen molar-refractivity contribution in [3.8, 4) is 0 Å². The third kappa shape index (κ3) is 6.02. The summed E-state index contributed by atoms with van der Waals surface area (Å²) in [5.41, 5.74) is 1.17. The summed E-state index contributed by atoms with van der Waals surface area (Å²) in [6.45, 7) is 13.7. The molecule has 0 fully saturated rings. The Morgan fingerprint density at radius 3 is 2.00 bits per heavy atom. The van der Waals surface area contributed by atoms with Gasteiger partial charge in [-0.15, -0.1) is 0 Å². The molecule has 0 aliphatic carbocycles. The predicted octanol–water partition coefficient (Wildman–Crippen LogP) is 4.53. The van der Waals surface area contributed by atoms with Gasteiger partial charge >= 0.3 is 0 Å². The van der Waals surface area contributed by atoms with E-state index in [0.717, 1.165) is 5.38 Å². The lowest BCUT2D eigenvalue weighted by molar-refractivity contribution is 0.690. The summed E-state index contributed by atoms with van der Waals surface area (Å²) in [4.78, 5) is 0. The molecule has 0 saturated carbocycles. The maximum absolute atomic E-state index is 12.7. The first kappa shape index (κ1) is 16.6. The number of hydrogen-bond donors (Lipinski definition) is 0. The second-order valence-electron chi connectivity index (χ2n) is 7.22. The van der Waals surface area contributed by atoms with Gasteiger partial charge in [-0.1, -0.05) is 69.6 Å². The van der Waals surface area contributed by atoms with Crippen LogP contribution in [0, 0.1) is 0 Å². The molecule has 0 aliphatic rings. The smallest absolute Gasteiger partial charge is 0.0890 e. The quantitative estimate of drug-likeness (QED) is 0.730. The van der Waals surface area contributed by atoms with Crippen LogP contribution in [-0.4, -0.2) is 25.7 Å². The van der Waals surface area contributed by atoms with Crippen LogP contribution in [0.2, 0.25) is 39.3 Å². The average molecular weight is 311 g/mol. The fourth-order valence-corrected chi connectivity index (χ4v) is 9.81. The van der Waals surface area contributed by atoms with E-state index in [1.54, 1.807) is 0 Å². The van der Waals surface area contributed by atoms with Crippen LogP contribution in [0.4, 0.5) is 0 Å². The SMILES string of the molecule is C[Si](C)(C)CS(=O)/C(=C/c1ccccc1)[Si](C)(C)C. The van der Waals surface area contributed by atoms with Crippen molar-refractivity contribution in [1.82, 2.24) is 0 Å². The first-order valence-electron chi connectivity index (χ1n) is 6.75. The van der Waals surface area contributed by atoms with Gasteiger partial charge in [0.25, 0.3) is 0 Å². The van der Waals surface area contributed by atoms with Crippen LogP contribution in [0.15, 0.2) is 34.9 Å². The highest BCUT2D eigenvalue weighted by molar-refractivity contribution is 7.93. The van der Waals surface area contributed by atoms with Crippen molar-refractivity contribution in [2.24, 2.45) is 0 Å². The first-order valence-corrected chi connectivity index (χ1v) is 15.3. The Hall–Kier alpha value is -0.456. The molecule has 1 aromatic carbocycles. The minimum absolute atomic E-state index is 0.813. The van der Waals surface area contributed by atoms with E-state index in [1.165, 1.54) is 10.1 Å². The Labute approximate surface area is 122 Å². The van der Waals surface area contributed by atoms with E-state index in [-0.39, 0.29) is 0 Å². The van der Waals surface area contributed by atoms with Crippen molar-refractivity contribution < 1.29 is 4.21 Å². The Morgan fingerprint density at radius 1 is 1.05 bits per heavy atom. The molecule has 0 aliphatic heterocycles. The zero-order valence-electron chi connectivity index (χ0n) is 13.0. The number of benzene rings is 1. The molecule has 0 saturated heterocycles. The van der Waals surface area contributed by atoms with Crippen LogP contribution >= 0.6 is 0 Å². The van der Waals surface area contributed by atoms with E-state index in [4.69, 9.17) is 0 Å². The molecule has 1 aromatic rings. The Balaban J connectivity index is 3.10. The minimum atomic E-state index is -1.55. The van der Waals surface area contributed by atoms with E-state index in [2.05, 4.69) is 57.5 Å². The maximum Gasteiger partial charge on any atom is 0.0890 e. The van der Waals surface area contributed by atoms with Crippen molar-refractivity contribution in [2.75, 3.05) is 5.38 Å². The Kier molecular flexibility index (Phi) is 5.53. The summed E-state index contributed by atoms with van der Waals surface area (Å²) in [5.74, 6) is 0. The molecule has 0 aromatic heterocycles. The van der Waals surface area contributed by atoms with Crippen LogP contribution in [-0.2, 0) is 10.8 Å². The van der Waals surface area contributed by atoms with Gasteiger partial charge in [-0.25, -0.2) is 0 Å². The molecule has 1 unspecified atom stereocenters. The van der Waals surface area contributed by atoms with Crippen LogP contribution in [0.5, 0.6) is 0 Å². The third-order valence-corrected chi connectivity index (χ3v) is 11.9. The Morgan fingerprint density at radius 2 is 1.58 bits per heavy atom. The van der Waals surface area contributed by atoms with Crippen molar-refractivity contribution in [2.45, 2.75) is 39.3 Å². The average Bonchev–Trinajstić information content (AvgIpc) is 2.23. The van der Waals surface area contributed by atoms with Gasteiger partial charge in [0.2, 0.25) is 0 Å². The summed E-state index contributed by atoms with van der Waals surface area (Å²) in [6.07, 6.45) is 2.17. The van der Waals surface area contributed by atoms with E-state index in [0.29, 0.717) is 0 Å². The van der Waals surface area contributed by atoms with Gasteiger partial charge in [-0.05, 0) is 11.6 Å². The molecule has 19 heavy (non-hydrogen) atoms. The normalized spacial score (nSPS) is 15.4. The van der Waals surface area contributed by atoms with Crippen molar-refractivity contribution in [1.29, 1.82) is 0 Å².